The van der Waals surface area contributed by atoms with Crippen molar-refractivity contribution >= 4 is 11.0 Å². The first kappa shape index (κ1) is 14.4. The fourth-order valence-electron chi connectivity index (χ4n) is 3.81. The molecule has 4 rings (SSSR count). The van der Waals surface area contributed by atoms with E-state index in [0.29, 0.717) is 17.4 Å². The molecule has 3 aromatic rings. The van der Waals surface area contributed by atoms with Gasteiger partial charge in [-0.05, 0) is 22.6 Å². The van der Waals surface area contributed by atoms with E-state index in [0.717, 1.165) is 17.4 Å². The summed E-state index contributed by atoms with van der Waals surface area (Å²) in [6.45, 7) is 6.51. The number of halogens is 2. The summed E-state index contributed by atoms with van der Waals surface area (Å²) in [5, 5.41) is 0.688. The highest BCUT2D eigenvalue weighted by Crippen LogP contribution is 2.50. The average Bonchev–Trinajstić information content (AvgIpc) is 2.81. The van der Waals surface area contributed by atoms with Crippen LogP contribution < -0.4 is 0 Å². The van der Waals surface area contributed by atoms with Crippen LogP contribution >= 0.6 is 0 Å². The molecule has 1 nitrogen and oxygen atoms in total. The van der Waals surface area contributed by atoms with Crippen LogP contribution in [0.25, 0.3) is 11.0 Å². The molecule has 23 heavy (non-hydrogen) atoms. The Balaban J connectivity index is 2.06. The molecule has 118 valence electrons. The maximum atomic E-state index is 13.8. The summed E-state index contributed by atoms with van der Waals surface area (Å²) < 4.78 is 33.3. The highest BCUT2D eigenvalue weighted by molar-refractivity contribution is 5.84. The fourth-order valence-corrected chi connectivity index (χ4v) is 3.81. The largest absolute Gasteiger partial charge is 0.460 e. The van der Waals surface area contributed by atoms with E-state index < -0.39 is 11.6 Å². The minimum atomic E-state index is -0.867. The van der Waals surface area contributed by atoms with Crippen molar-refractivity contribution in [1.82, 2.24) is 0 Å². The molecule has 0 saturated carbocycles. The van der Waals surface area contributed by atoms with Gasteiger partial charge >= 0.3 is 0 Å². The predicted molar refractivity (Wildman–Crippen MR) is 86.7 cm³/mol. The zero-order valence-electron chi connectivity index (χ0n) is 13.4. The Bertz CT molecular complexity index is 915. The number of hydrogen-bond acceptors (Lipinski definition) is 1. The molecule has 0 N–H and O–H groups in total. The Kier molecular flexibility index (Phi) is 2.93. The van der Waals surface area contributed by atoms with E-state index in [1.807, 2.05) is 12.1 Å². The lowest BCUT2D eigenvalue weighted by atomic mass is 9.67. The second kappa shape index (κ2) is 4.67. The molecule has 1 unspecified atom stereocenters. The van der Waals surface area contributed by atoms with Crippen LogP contribution in [0.5, 0.6) is 0 Å². The molecule has 0 radical (unpaired) electrons. The number of rotatable bonds is 0. The first-order valence-corrected chi connectivity index (χ1v) is 7.84. The van der Waals surface area contributed by atoms with Crippen molar-refractivity contribution in [3.63, 3.8) is 0 Å². The smallest absolute Gasteiger partial charge is 0.162 e. The predicted octanol–water partition coefficient (Wildman–Crippen LogP) is 5.79. The van der Waals surface area contributed by atoms with Crippen LogP contribution in [0.1, 0.15) is 49.1 Å². The summed E-state index contributed by atoms with van der Waals surface area (Å²) in [5.41, 5.74) is 3.84. The Morgan fingerprint density at radius 1 is 1.04 bits per heavy atom. The highest BCUT2D eigenvalue weighted by atomic mass is 19.2. The van der Waals surface area contributed by atoms with Gasteiger partial charge in [0, 0.05) is 29.4 Å². The van der Waals surface area contributed by atoms with Crippen molar-refractivity contribution in [3.05, 3.63) is 70.5 Å². The molecular formula is C20H18F2O. The third-order valence-electron chi connectivity index (χ3n) is 4.72. The summed E-state index contributed by atoms with van der Waals surface area (Å²) >= 11 is 0. The van der Waals surface area contributed by atoms with E-state index in [1.54, 1.807) is 0 Å². The Hall–Kier alpha value is -2.16. The minimum absolute atomic E-state index is 0.0626. The van der Waals surface area contributed by atoms with Gasteiger partial charge in [-0.25, -0.2) is 8.78 Å². The van der Waals surface area contributed by atoms with Gasteiger partial charge in [0.2, 0.25) is 0 Å². The van der Waals surface area contributed by atoms with Gasteiger partial charge in [0.15, 0.2) is 11.6 Å². The molecule has 0 amide bonds. The summed E-state index contributed by atoms with van der Waals surface area (Å²) in [6, 6.07) is 10.7. The first-order chi connectivity index (χ1) is 10.9. The lowest BCUT2D eigenvalue weighted by molar-refractivity contribution is 0.348. The van der Waals surface area contributed by atoms with E-state index in [4.69, 9.17) is 4.42 Å². The summed E-state index contributed by atoms with van der Waals surface area (Å²) in [4.78, 5) is 0. The van der Waals surface area contributed by atoms with Crippen LogP contribution in [0, 0.1) is 17.0 Å². The van der Waals surface area contributed by atoms with Gasteiger partial charge in [-0.3, -0.25) is 0 Å². The summed E-state index contributed by atoms with van der Waals surface area (Å²) in [6.07, 6.45) is 0.663. The maximum absolute atomic E-state index is 13.8. The molecule has 2 aromatic carbocycles. The summed E-state index contributed by atoms with van der Waals surface area (Å²) in [5.74, 6) is -0.779. The van der Waals surface area contributed by atoms with E-state index >= 15 is 0 Å². The van der Waals surface area contributed by atoms with Gasteiger partial charge in [-0.15, -0.1) is 0 Å². The standard InChI is InChI=1S/C20H18F2O/c1-20(2,3)19-12-7-5-4-6-11(12)8-17-18(19)13-9-14(21)15(22)10-16(13)23-17/h4-7,9-10,19H,8H2,1-3H3. The van der Waals surface area contributed by atoms with Crippen LogP contribution in [0.15, 0.2) is 40.8 Å². The molecule has 1 heterocycles. The van der Waals surface area contributed by atoms with E-state index in [1.165, 1.54) is 17.2 Å². The molecule has 0 bridgehead atoms. The molecule has 0 spiro atoms. The Morgan fingerprint density at radius 2 is 1.74 bits per heavy atom. The Morgan fingerprint density at radius 3 is 2.48 bits per heavy atom. The SMILES string of the molecule is CC(C)(C)C1c2ccccc2Cc2oc3cc(F)c(F)cc3c21. The van der Waals surface area contributed by atoms with E-state index in [2.05, 4.69) is 32.9 Å². The summed E-state index contributed by atoms with van der Waals surface area (Å²) in [7, 11) is 0. The van der Waals surface area contributed by atoms with Crippen molar-refractivity contribution in [2.24, 2.45) is 5.41 Å². The monoisotopic (exact) mass is 312 g/mol. The molecular weight excluding hydrogens is 294 g/mol. The maximum Gasteiger partial charge on any atom is 0.162 e. The average molecular weight is 312 g/mol. The number of hydrogen-bond donors (Lipinski definition) is 0. The molecule has 1 aliphatic rings. The third kappa shape index (κ3) is 2.10. The molecule has 3 heteroatoms. The second-order valence-corrected chi connectivity index (χ2v) is 7.38. The van der Waals surface area contributed by atoms with Gasteiger partial charge in [0.25, 0.3) is 0 Å². The van der Waals surface area contributed by atoms with Crippen LogP contribution in [0.2, 0.25) is 0 Å². The number of furan rings is 1. The van der Waals surface area contributed by atoms with E-state index in [9.17, 15) is 8.78 Å². The highest BCUT2D eigenvalue weighted by Gasteiger charge is 2.37. The van der Waals surface area contributed by atoms with Crippen molar-refractivity contribution < 1.29 is 13.2 Å². The molecule has 0 aliphatic heterocycles. The lowest BCUT2D eigenvalue weighted by Crippen LogP contribution is -2.24. The second-order valence-electron chi connectivity index (χ2n) is 7.38. The quantitative estimate of drug-likeness (QED) is 0.512. The first-order valence-electron chi connectivity index (χ1n) is 7.84. The number of fused-ring (bicyclic) bond motifs is 4. The molecule has 1 aliphatic carbocycles. The van der Waals surface area contributed by atoms with Crippen molar-refractivity contribution in [3.8, 4) is 0 Å². The van der Waals surface area contributed by atoms with Crippen LogP contribution in [-0.4, -0.2) is 0 Å². The van der Waals surface area contributed by atoms with Gasteiger partial charge in [-0.2, -0.15) is 0 Å². The third-order valence-corrected chi connectivity index (χ3v) is 4.72. The molecule has 1 atom stereocenters. The normalized spacial score (nSPS) is 17.2. The fraction of sp³-hybridized carbons (Fsp3) is 0.300. The van der Waals surface area contributed by atoms with Gasteiger partial charge in [-0.1, -0.05) is 45.0 Å². The Labute approximate surface area is 133 Å². The molecule has 0 saturated heterocycles. The molecule has 0 fully saturated rings. The van der Waals surface area contributed by atoms with Crippen LogP contribution in [-0.2, 0) is 6.42 Å². The van der Waals surface area contributed by atoms with Crippen molar-refractivity contribution in [1.29, 1.82) is 0 Å². The van der Waals surface area contributed by atoms with Gasteiger partial charge in [0.05, 0.1) is 0 Å². The van der Waals surface area contributed by atoms with Crippen LogP contribution in [0.4, 0.5) is 8.78 Å². The van der Waals surface area contributed by atoms with Crippen LogP contribution in [0.3, 0.4) is 0 Å². The van der Waals surface area contributed by atoms with Gasteiger partial charge in [0.1, 0.15) is 11.3 Å². The topological polar surface area (TPSA) is 13.1 Å². The zero-order chi connectivity index (χ0) is 16.4. The van der Waals surface area contributed by atoms with Crippen molar-refractivity contribution in [2.45, 2.75) is 33.1 Å². The number of benzene rings is 2. The van der Waals surface area contributed by atoms with Crippen molar-refractivity contribution in [2.75, 3.05) is 0 Å². The van der Waals surface area contributed by atoms with E-state index in [-0.39, 0.29) is 11.3 Å². The minimum Gasteiger partial charge on any atom is -0.460 e. The van der Waals surface area contributed by atoms with Gasteiger partial charge < -0.3 is 4.42 Å². The zero-order valence-corrected chi connectivity index (χ0v) is 13.4. The lowest BCUT2D eigenvalue weighted by Gasteiger charge is -2.35. The molecule has 1 aromatic heterocycles.